The number of benzene rings is 2. The van der Waals surface area contributed by atoms with Crippen molar-refractivity contribution >= 4 is 29.5 Å². The second-order valence-electron chi connectivity index (χ2n) is 10.6. The molecule has 1 aliphatic rings. The Morgan fingerprint density at radius 1 is 0.857 bits per heavy atom. The summed E-state index contributed by atoms with van der Waals surface area (Å²) >= 11 is 0. The zero-order chi connectivity index (χ0) is 25.6. The van der Waals surface area contributed by atoms with Gasteiger partial charge in [0.15, 0.2) is 0 Å². The van der Waals surface area contributed by atoms with Gasteiger partial charge in [-0.3, -0.25) is 0 Å². The molecule has 0 atom stereocenters. The molecule has 1 fully saturated rings. The molecule has 0 N–H and O–H groups in total. The lowest BCUT2D eigenvalue weighted by atomic mass is 10.00. The predicted octanol–water partition coefficient (Wildman–Crippen LogP) is 6.72. The number of hydrogen-bond donors (Lipinski definition) is 0. The van der Waals surface area contributed by atoms with Crippen molar-refractivity contribution < 1.29 is 9.53 Å². The van der Waals surface area contributed by atoms with E-state index >= 15 is 0 Å². The molecule has 3 rings (SSSR count). The fraction of sp³-hybridized carbons (Fsp3) is 0.483. The number of esters is 1. The van der Waals surface area contributed by atoms with Crippen LogP contribution in [-0.4, -0.2) is 36.8 Å². The molecule has 2 aromatic rings. The van der Waals surface area contributed by atoms with Crippen LogP contribution >= 0.6 is 0 Å². The van der Waals surface area contributed by atoms with Crippen LogP contribution < -0.4 is 9.80 Å². The molecule has 0 aromatic heterocycles. The summed E-state index contributed by atoms with van der Waals surface area (Å²) in [4.78, 5) is 16.8. The maximum Gasteiger partial charge on any atom is 0.351 e. The van der Waals surface area contributed by atoms with Gasteiger partial charge in [0.2, 0.25) is 5.96 Å². The summed E-state index contributed by atoms with van der Waals surface area (Å²) in [6.45, 7) is 16.0. The summed E-state index contributed by atoms with van der Waals surface area (Å²) in [7, 11) is 0. The number of carbonyl (C=O) groups is 1. The van der Waals surface area contributed by atoms with Gasteiger partial charge in [0, 0.05) is 24.5 Å². The lowest BCUT2D eigenvalue weighted by Gasteiger charge is -2.34. The minimum absolute atomic E-state index is 0.359. The van der Waals surface area contributed by atoms with E-state index in [1.54, 1.807) is 0 Å². The molecule has 0 unspecified atom stereocenters. The third-order valence-electron chi connectivity index (χ3n) is 5.91. The number of guanidine groups is 1. The maximum atomic E-state index is 12.3. The number of nitrogens with zero attached hydrogens (tertiary/aromatic N) is 4. The molecule has 1 aliphatic heterocycles. The summed E-state index contributed by atoms with van der Waals surface area (Å²) in [6, 6.07) is 17.0. The van der Waals surface area contributed by atoms with E-state index in [2.05, 4.69) is 96.2 Å². The first-order chi connectivity index (χ1) is 16.6. The Hall–Kier alpha value is -3.15. The smallest absolute Gasteiger partial charge is 0.351 e. The van der Waals surface area contributed by atoms with Crippen LogP contribution in [0.2, 0.25) is 0 Å². The van der Waals surface area contributed by atoms with E-state index < -0.39 is 11.6 Å². The van der Waals surface area contributed by atoms with Crippen LogP contribution in [0.25, 0.3) is 0 Å². The Bertz CT molecular complexity index is 1000. The van der Waals surface area contributed by atoms with E-state index in [1.165, 1.54) is 17.3 Å². The van der Waals surface area contributed by atoms with Crippen molar-refractivity contribution in [2.75, 3.05) is 22.9 Å². The number of anilines is 2. The fourth-order valence-corrected chi connectivity index (χ4v) is 4.35. The van der Waals surface area contributed by atoms with Crippen molar-refractivity contribution in [2.45, 2.75) is 78.7 Å². The van der Waals surface area contributed by atoms with E-state index in [4.69, 9.17) is 4.74 Å². The first-order valence-electron chi connectivity index (χ1n) is 12.7. The van der Waals surface area contributed by atoms with Crippen molar-refractivity contribution in [3.8, 4) is 0 Å². The van der Waals surface area contributed by atoms with Gasteiger partial charge in [-0.15, -0.1) is 10.2 Å². The largest absolute Gasteiger partial charge is 0.456 e. The minimum atomic E-state index is -0.580. The quantitative estimate of drug-likeness (QED) is 0.264. The number of para-hydroxylation sites is 2. The normalized spacial score (nSPS) is 15.2. The van der Waals surface area contributed by atoms with Gasteiger partial charge in [-0.2, -0.15) is 0 Å². The maximum absolute atomic E-state index is 12.3. The molecule has 0 bridgehead atoms. The van der Waals surface area contributed by atoms with E-state index in [-0.39, 0.29) is 0 Å². The second kappa shape index (κ2) is 11.5. The van der Waals surface area contributed by atoms with Gasteiger partial charge in [0.1, 0.15) is 11.8 Å². The Morgan fingerprint density at radius 3 is 1.74 bits per heavy atom. The second-order valence-corrected chi connectivity index (χ2v) is 10.6. The summed E-state index contributed by atoms with van der Waals surface area (Å²) in [5.74, 6) is 0.942. The van der Waals surface area contributed by atoms with Crippen LogP contribution in [0.3, 0.4) is 0 Å². The highest BCUT2D eigenvalue weighted by atomic mass is 16.6. The molecule has 0 aliphatic carbocycles. The number of ether oxygens (including phenoxy) is 1. The van der Waals surface area contributed by atoms with Crippen LogP contribution in [0.1, 0.15) is 84.3 Å². The molecule has 0 radical (unpaired) electrons. The van der Waals surface area contributed by atoms with E-state index in [1.807, 2.05) is 20.8 Å². The SMILES string of the molecule is CC(C)c1ccccc1N1CCCCN(c2ccccc2C(C)C)C1=N/N=C/C(=O)OC(C)(C)C. The Labute approximate surface area is 210 Å². The predicted molar refractivity (Wildman–Crippen MR) is 147 cm³/mol. The lowest BCUT2D eigenvalue weighted by Crippen LogP contribution is -2.44. The molecule has 1 heterocycles. The van der Waals surface area contributed by atoms with Crippen LogP contribution in [-0.2, 0) is 9.53 Å². The molecule has 6 heteroatoms. The van der Waals surface area contributed by atoms with E-state index in [9.17, 15) is 4.79 Å². The fourth-order valence-electron chi connectivity index (χ4n) is 4.35. The van der Waals surface area contributed by atoms with Gasteiger partial charge in [0.25, 0.3) is 0 Å². The van der Waals surface area contributed by atoms with Crippen LogP contribution in [0.4, 0.5) is 11.4 Å². The summed E-state index contributed by atoms with van der Waals surface area (Å²) < 4.78 is 5.39. The average molecular weight is 477 g/mol. The third-order valence-corrected chi connectivity index (χ3v) is 5.91. The van der Waals surface area contributed by atoms with Gasteiger partial charge in [-0.05, 0) is 68.7 Å². The van der Waals surface area contributed by atoms with Gasteiger partial charge >= 0.3 is 5.97 Å². The highest BCUT2D eigenvalue weighted by Crippen LogP contribution is 2.33. The molecule has 6 nitrogen and oxygen atoms in total. The first kappa shape index (κ1) is 26.5. The van der Waals surface area contributed by atoms with Crippen LogP contribution in [0.5, 0.6) is 0 Å². The number of rotatable bonds is 6. The highest BCUT2D eigenvalue weighted by Gasteiger charge is 2.28. The Kier molecular flexibility index (Phi) is 8.71. The summed E-state index contributed by atoms with van der Waals surface area (Å²) in [6.07, 6.45) is 3.23. The average Bonchev–Trinajstić information content (AvgIpc) is 3.00. The molecule has 35 heavy (non-hydrogen) atoms. The van der Waals surface area contributed by atoms with Crippen molar-refractivity contribution in [3.05, 3.63) is 59.7 Å². The molecule has 0 spiro atoms. The monoisotopic (exact) mass is 476 g/mol. The summed E-state index contributed by atoms with van der Waals surface area (Å²) in [5, 5.41) is 8.89. The minimum Gasteiger partial charge on any atom is -0.456 e. The van der Waals surface area contributed by atoms with Crippen LogP contribution in [0.15, 0.2) is 58.7 Å². The standard InChI is InChI=1S/C29H40N4O2/c1-21(2)23-14-8-10-16-25(23)32-18-12-13-19-33(26-17-11-9-15-24(26)22(3)4)28(32)31-30-20-27(34)35-29(5,6)7/h8-11,14-17,20-22H,12-13,18-19H2,1-7H3/b30-20+. The molecule has 0 saturated carbocycles. The molecule has 188 valence electrons. The van der Waals surface area contributed by atoms with E-state index in [0.717, 1.165) is 43.3 Å². The zero-order valence-electron chi connectivity index (χ0n) is 22.3. The number of hydrogen-bond acceptors (Lipinski definition) is 4. The molecule has 1 saturated heterocycles. The van der Waals surface area contributed by atoms with Gasteiger partial charge in [-0.25, -0.2) is 4.79 Å². The molecular weight excluding hydrogens is 436 g/mol. The van der Waals surface area contributed by atoms with Gasteiger partial charge in [0.05, 0.1) is 0 Å². The Balaban J connectivity index is 2.13. The molecule has 0 amide bonds. The third kappa shape index (κ3) is 6.93. The molecule has 2 aromatic carbocycles. The molecular formula is C29H40N4O2. The van der Waals surface area contributed by atoms with Crippen LogP contribution in [0, 0.1) is 0 Å². The number of carbonyl (C=O) groups excluding carboxylic acids is 1. The first-order valence-corrected chi connectivity index (χ1v) is 12.7. The highest BCUT2D eigenvalue weighted by molar-refractivity contribution is 6.23. The topological polar surface area (TPSA) is 57.5 Å². The lowest BCUT2D eigenvalue weighted by molar-refractivity contribution is -0.145. The van der Waals surface area contributed by atoms with Crippen molar-refractivity contribution in [1.29, 1.82) is 0 Å². The van der Waals surface area contributed by atoms with Crippen molar-refractivity contribution in [3.63, 3.8) is 0 Å². The van der Waals surface area contributed by atoms with Gasteiger partial charge in [-0.1, -0.05) is 64.1 Å². The van der Waals surface area contributed by atoms with E-state index in [0.29, 0.717) is 11.8 Å². The van der Waals surface area contributed by atoms with Crippen molar-refractivity contribution in [2.24, 2.45) is 10.2 Å². The zero-order valence-corrected chi connectivity index (χ0v) is 22.3. The summed E-state index contributed by atoms with van der Waals surface area (Å²) in [5.41, 5.74) is 4.19. The van der Waals surface area contributed by atoms with Crippen molar-refractivity contribution in [1.82, 2.24) is 0 Å². The van der Waals surface area contributed by atoms with Gasteiger partial charge < -0.3 is 14.5 Å². The Morgan fingerprint density at radius 2 is 1.31 bits per heavy atom.